The fourth-order valence-electron chi connectivity index (χ4n) is 2.17. The maximum absolute atomic E-state index is 12.6. The van der Waals surface area contributed by atoms with Crippen LogP contribution >= 0.6 is 0 Å². The molecule has 0 aliphatic heterocycles. The number of ether oxygens (including phenoxy) is 1. The van der Waals surface area contributed by atoms with Crippen molar-refractivity contribution in [2.45, 2.75) is 13.5 Å². The molecule has 1 amide bonds. The molecule has 0 aliphatic carbocycles. The van der Waals surface area contributed by atoms with Gasteiger partial charge in [-0.1, -0.05) is 18.2 Å². The molecule has 0 spiro atoms. The van der Waals surface area contributed by atoms with Gasteiger partial charge in [0.25, 0.3) is 5.91 Å². The van der Waals surface area contributed by atoms with E-state index >= 15 is 0 Å². The Balaban J connectivity index is 1.92. The highest BCUT2D eigenvalue weighted by Gasteiger charge is 2.18. The van der Waals surface area contributed by atoms with Crippen molar-refractivity contribution in [1.29, 1.82) is 0 Å². The number of carbonyl (C=O) groups excluding carboxylic acids is 1. The van der Waals surface area contributed by atoms with Gasteiger partial charge >= 0.3 is 0 Å². The number of nitrogens with zero attached hydrogens (tertiary/aromatic N) is 4. The number of carbonyl (C=O) groups is 1. The molecule has 0 atom stereocenters. The normalized spacial score (nSPS) is 10.5. The number of hydrogen-bond acceptors (Lipinski definition) is 4. The van der Waals surface area contributed by atoms with E-state index in [0.29, 0.717) is 17.4 Å². The van der Waals surface area contributed by atoms with Gasteiger partial charge in [0.05, 0.1) is 12.8 Å². The Hall–Kier alpha value is -3.09. The summed E-state index contributed by atoms with van der Waals surface area (Å²) >= 11 is 0. The summed E-state index contributed by atoms with van der Waals surface area (Å²) < 4.78 is 8.43. The van der Waals surface area contributed by atoms with Crippen LogP contribution in [0.1, 0.15) is 17.4 Å². The van der Waals surface area contributed by atoms with Crippen LogP contribution in [0, 0.1) is 0 Å². The second-order valence-corrected chi connectivity index (χ2v) is 4.83. The molecule has 3 aromatic rings. The van der Waals surface area contributed by atoms with E-state index < -0.39 is 0 Å². The van der Waals surface area contributed by atoms with E-state index in [1.165, 1.54) is 7.11 Å². The number of nitrogens with one attached hydrogen (secondary N) is 1. The molecule has 0 aliphatic rings. The van der Waals surface area contributed by atoms with E-state index in [0.717, 1.165) is 12.2 Å². The first-order chi connectivity index (χ1) is 11.2. The largest absolute Gasteiger partial charge is 0.480 e. The molecule has 7 heteroatoms. The topological polar surface area (TPSA) is 74.0 Å². The zero-order valence-electron chi connectivity index (χ0n) is 12.9. The highest BCUT2D eigenvalue weighted by atomic mass is 16.5. The Kier molecular flexibility index (Phi) is 4.09. The van der Waals surface area contributed by atoms with E-state index in [9.17, 15) is 4.79 Å². The second kappa shape index (κ2) is 6.35. The summed E-state index contributed by atoms with van der Waals surface area (Å²) in [5, 5.41) is 11.3. The summed E-state index contributed by atoms with van der Waals surface area (Å²) in [6, 6.07) is 12.8. The standard InChI is InChI=1S/C16H17N5O2/c1-3-20-10-9-14(18-20)17-16(22)13-11-15(23-2)19-21(13)12-7-5-4-6-8-12/h4-11H,3H2,1-2H3,(H,17,18,22). The molecule has 0 saturated carbocycles. The fourth-order valence-corrected chi connectivity index (χ4v) is 2.17. The van der Waals surface area contributed by atoms with Crippen molar-refractivity contribution in [3.63, 3.8) is 0 Å². The first kappa shape index (κ1) is 14.8. The first-order valence-corrected chi connectivity index (χ1v) is 7.25. The van der Waals surface area contributed by atoms with Crippen molar-refractivity contribution in [1.82, 2.24) is 19.6 Å². The maximum Gasteiger partial charge on any atom is 0.275 e. The zero-order chi connectivity index (χ0) is 16.2. The van der Waals surface area contributed by atoms with Gasteiger partial charge in [0.1, 0.15) is 5.69 Å². The molecule has 2 heterocycles. The van der Waals surface area contributed by atoms with Crippen LogP contribution in [0.15, 0.2) is 48.7 Å². The SMILES string of the molecule is CCn1ccc(NC(=O)c2cc(OC)nn2-c2ccccc2)n1. The van der Waals surface area contributed by atoms with Gasteiger partial charge < -0.3 is 10.1 Å². The molecule has 7 nitrogen and oxygen atoms in total. The van der Waals surface area contributed by atoms with Crippen LogP contribution < -0.4 is 10.1 Å². The van der Waals surface area contributed by atoms with Crippen molar-refractivity contribution in [2.24, 2.45) is 0 Å². The van der Waals surface area contributed by atoms with E-state index in [1.807, 2.05) is 43.5 Å². The minimum absolute atomic E-state index is 0.300. The maximum atomic E-state index is 12.6. The molecule has 23 heavy (non-hydrogen) atoms. The van der Waals surface area contributed by atoms with Gasteiger partial charge in [-0.15, -0.1) is 5.10 Å². The molecule has 3 rings (SSSR count). The monoisotopic (exact) mass is 311 g/mol. The summed E-state index contributed by atoms with van der Waals surface area (Å²) in [6.45, 7) is 2.72. The second-order valence-electron chi connectivity index (χ2n) is 4.83. The van der Waals surface area contributed by atoms with E-state index in [4.69, 9.17) is 4.74 Å². The molecule has 0 unspecified atom stereocenters. The van der Waals surface area contributed by atoms with E-state index in [1.54, 1.807) is 21.5 Å². The first-order valence-electron chi connectivity index (χ1n) is 7.25. The predicted octanol–water partition coefficient (Wildman–Crippen LogP) is 2.35. The highest BCUT2D eigenvalue weighted by Crippen LogP contribution is 2.18. The van der Waals surface area contributed by atoms with Crippen LogP contribution in [-0.4, -0.2) is 32.6 Å². The van der Waals surface area contributed by atoms with Crippen LogP contribution in [0.5, 0.6) is 5.88 Å². The molecule has 118 valence electrons. The number of aromatic nitrogens is 4. The van der Waals surface area contributed by atoms with Crippen LogP contribution in [0.2, 0.25) is 0 Å². The van der Waals surface area contributed by atoms with Crippen molar-refractivity contribution >= 4 is 11.7 Å². The molecule has 0 fully saturated rings. The Morgan fingerprint density at radius 1 is 1.22 bits per heavy atom. The minimum Gasteiger partial charge on any atom is -0.480 e. The van der Waals surface area contributed by atoms with Crippen LogP contribution in [0.4, 0.5) is 5.82 Å². The van der Waals surface area contributed by atoms with Gasteiger partial charge in [0.2, 0.25) is 5.88 Å². The van der Waals surface area contributed by atoms with Gasteiger partial charge in [0.15, 0.2) is 5.82 Å². The van der Waals surface area contributed by atoms with Gasteiger partial charge in [-0.3, -0.25) is 9.48 Å². The quantitative estimate of drug-likeness (QED) is 0.785. The number of para-hydroxylation sites is 1. The third-order valence-electron chi connectivity index (χ3n) is 3.34. The molecular weight excluding hydrogens is 294 g/mol. The Labute approximate surface area is 133 Å². The summed E-state index contributed by atoms with van der Waals surface area (Å²) in [6.07, 6.45) is 1.81. The van der Waals surface area contributed by atoms with Gasteiger partial charge in [-0.25, -0.2) is 4.68 Å². The number of anilines is 1. The molecule has 0 saturated heterocycles. The molecule has 0 radical (unpaired) electrons. The smallest absolute Gasteiger partial charge is 0.275 e. The van der Waals surface area contributed by atoms with Crippen molar-refractivity contribution in [3.8, 4) is 11.6 Å². The van der Waals surface area contributed by atoms with Gasteiger partial charge in [-0.05, 0) is 19.1 Å². The highest BCUT2D eigenvalue weighted by molar-refractivity contribution is 6.03. The molecule has 2 aromatic heterocycles. The van der Waals surface area contributed by atoms with Crippen LogP contribution in [0.25, 0.3) is 5.69 Å². The van der Waals surface area contributed by atoms with E-state index in [2.05, 4.69) is 15.5 Å². The lowest BCUT2D eigenvalue weighted by Crippen LogP contribution is -2.17. The summed E-state index contributed by atoms with van der Waals surface area (Å²) in [5.41, 5.74) is 1.15. The molecule has 1 N–H and O–H groups in total. The third kappa shape index (κ3) is 3.08. The van der Waals surface area contributed by atoms with Crippen molar-refractivity contribution in [3.05, 3.63) is 54.4 Å². The van der Waals surface area contributed by atoms with Gasteiger partial charge in [0, 0.05) is 24.9 Å². The number of amides is 1. The number of methoxy groups -OCH3 is 1. The number of hydrogen-bond donors (Lipinski definition) is 1. The summed E-state index contributed by atoms with van der Waals surface area (Å²) in [4.78, 5) is 12.6. The predicted molar refractivity (Wildman–Crippen MR) is 86.0 cm³/mol. The van der Waals surface area contributed by atoms with E-state index in [-0.39, 0.29) is 5.91 Å². The number of rotatable bonds is 5. The fraction of sp³-hybridized carbons (Fsp3) is 0.188. The minimum atomic E-state index is -0.300. The lowest BCUT2D eigenvalue weighted by molar-refractivity contribution is 0.101. The Morgan fingerprint density at radius 2 is 2.00 bits per heavy atom. The number of aryl methyl sites for hydroxylation is 1. The summed E-state index contributed by atoms with van der Waals surface area (Å²) in [5.74, 6) is 0.570. The zero-order valence-corrected chi connectivity index (χ0v) is 12.9. The van der Waals surface area contributed by atoms with Crippen molar-refractivity contribution in [2.75, 3.05) is 12.4 Å². The average Bonchev–Trinajstić information content (AvgIpc) is 3.22. The molecule has 1 aromatic carbocycles. The molecule has 0 bridgehead atoms. The lowest BCUT2D eigenvalue weighted by atomic mass is 10.3. The Bertz CT molecular complexity index is 807. The Morgan fingerprint density at radius 3 is 2.65 bits per heavy atom. The van der Waals surface area contributed by atoms with Crippen LogP contribution in [0.3, 0.4) is 0 Å². The third-order valence-corrected chi connectivity index (χ3v) is 3.34. The number of benzene rings is 1. The molecular formula is C16H17N5O2. The average molecular weight is 311 g/mol. The van der Waals surface area contributed by atoms with Crippen molar-refractivity contribution < 1.29 is 9.53 Å². The van der Waals surface area contributed by atoms with Crippen LogP contribution in [-0.2, 0) is 6.54 Å². The lowest BCUT2D eigenvalue weighted by Gasteiger charge is -2.06. The van der Waals surface area contributed by atoms with Gasteiger partial charge in [-0.2, -0.15) is 5.10 Å². The summed E-state index contributed by atoms with van der Waals surface area (Å²) in [7, 11) is 1.52.